The summed E-state index contributed by atoms with van der Waals surface area (Å²) in [5.74, 6) is -4.74. The minimum atomic E-state index is -1.52. The molecule has 0 fully saturated rings. The Morgan fingerprint density at radius 3 is 2.22 bits per heavy atom. The molecule has 0 radical (unpaired) electrons. The Kier molecular flexibility index (Phi) is 5.91. The van der Waals surface area contributed by atoms with E-state index < -0.39 is 23.6 Å². The number of aromatic nitrogens is 3. The van der Waals surface area contributed by atoms with E-state index in [0.29, 0.717) is 5.13 Å². The quantitative estimate of drug-likeness (QED) is 0.265. The van der Waals surface area contributed by atoms with Gasteiger partial charge in [0, 0.05) is 16.5 Å². The molecule has 160 valence electrons. The minimum absolute atomic E-state index is 0.0800. The summed E-state index contributed by atoms with van der Waals surface area (Å²) >= 11 is 1.18. The molecule has 0 aliphatic carbocycles. The molecule has 9 heteroatoms. The van der Waals surface area contributed by atoms with Crippen LogP contribution < -0.4 is 5.73 Å². The van der Waals surface area contributed by atoms with Crippen LogP contribution in [0.5, 0.6) is 0 Å². The SMILES string of the molecule is COC(=O)[C@@H](C(=O)C(N)=O)c1csc(-n2nc(-c3ccccc3)cc2-c2ccccc2)n1. The van der Waals surface area contributed by atoms with Gasteiger partial charge < -0.3 is 10.5 Å². The number of thiazole rings is 1. The zero-order valence-corrected chi connectivity index (χ0v) is 17.8. The maximum Gasteiger partial charge on any atom is 0.323 e. The van der Waals surface area contributed by atoms with Crippen LogP contribution in [0.25, 0.3) is 27.6 Å². The van der Waals surface area contributed by atoms with Crippen LogP contribution in [0.1, 0.15) is 11.6 Å². The molecule has 2 aromatic carbocycles. The lowest BCUT2D eigenvalue weighted by molar-refractivity contribution is -0.149. The van der Waals surface area contributed by atoms with Crippen LogP contribution in [-0.4, -0.2) is 39.5 Å². The third kappa shape index (κ3) is 4.06. The van der Waals surface area contributed by atoms with Gasteiger partial charge in [-0.2, -0.15) is 5.10 Å². The fourth-order valence-corrected chi connectivity index (χ4v) is 4.03. The van der Waals surface area contributed by atoms with Gasteiger partial charge in [-0.05, 0) is 6.07 Å². The predicted molar refractivity (Wildman–Crippen MR) is 119 cm³/mol. The van der Waals surface area contributed by atoms with Crippen LogP contribution in [0.15, 0.2) is 72.1 Å². The molecular formula is C23H18N4O4S. The van der Waals surface area contributed by atoms with Gasteiger partial charge in [-0.3, -0.25) is 14.4 Å². The second kappa shape index (κ2) is 8.94. The summed E-state index contributed by atoms with van der Waals surface area (Å²) in [4.78, 5) is 40.3. The number of rotatable bonds is 7. The molecule has 0 unspecified atom stereocenters. The molecule has 1 atom stereocenters. The molecule has 0 saturated heterocycles. The highest BCUT2D eigenvalue weighted by Gasteiger charge is 2.35. The Morgan fingerprint density at radius 2 is 1.62 bits per heavy atom. The summed E-state index contributed by atoms with van der Waals surface area (Å²) in [6.45, 7) is 0. The number of amides is 1. The highest BCUT2D eigenvalue weighted by Crippen LogP contribution is 2.31. The average molecular weight is 446 g/mol. The highest BCUT2D eigenvalue weighted by molar-refractivity contribution is 7.12. The Labute approximate surface area is 187 Å². The smallest absolute Gasteiger partial charge is 0.323 e. The van der Waals surface area contributed by atoms with Gasteiger partial charge in [-0.25, -0.2) is 9.67 Å². The lowest BCUT2D eigenvalue weighted by atomic mass is 10.0. The molecule has 32 heavy (non-hydrogen) atoms. The number of esters is 1. The fraction of sp³-hybridized carbons (Fsp3) is 0.0870. The molecule has 1 amide bonds. The van der Waals surface area contributed by atoms with Crippen molar-refractivity contribution in [2.24, 2.45) is 5.73 Å². The number of ether oxygens (including phenoxy) is 1. The molecule has 0 bridgehead atoms. The van der Waals surface area contributed by atoms with Crippen LogP contribution in [0.3, 0.4) is 0 Å². The van der Waals surface area contributed by atoms with Crippen molar-refractivity contribution >= 4 is 29.0 Å². The second-order valence-corrected chi connectivity index (χ2v) is 7.63. The monoisotopic (exact) mass is 446 g/mol. The summed E-state index contributed by atoms with van der Waals surface area (Å²) in [6.07, 6.45) is 0. The van der Waals surface area contributed by atoms with Crippen molar-refractivity contribution in [2.45, 2.75) is 5.92 Å². The van der Waals surface area contributed by atoms with Crippen molar-refractivity contribution in [3.63, 3.8) is 0 Å². The van der Waals surface area contributed by atoms with Gasteiger partial charge in [-0.1, -0.05) is 60.7 Å². The first-order chi connectivity index (χ1) is 15.5. The number of nitrogens with two attached hydrogens (primary N) is 1. The van der Waals surface area contributed by atoms with E-state index in [1.54, 1.807) is 4.68 Å². The van der Waals surface area contributed by atoms with Crippen LogP contribution in [-0.2, 0) is 19.1 Å². The Bertz CT molecular complexity index is 1280. The first-order valence-electron chi connectivity index (χ1n) is 9.57. The van der Waals surface area contributed by atoms with Gasteiger partial charge in [0.2, 0.25) is 10.9 Å². The van der Waals surface area contributed by atoms with Crippen LogP contribution >= 0.6 is 11.3 Å². The third-order valence-corrected chi connectivity index (χ3v) is 5.61. The molecule has 0 spiro atoms. The molecular weight excluding hydrogens is 428 g/mol. The lowest BCUT2D eigenvalue weighted by Gasteiger charge is -2.09. The average Bonchev–Trinajstić information content (AvgIpc) is 3.48. The Morgan fingerprint density at radius 1 is 1.00 bits per heavy atom. The molecule has 0 aliphatic rings. The first-order valence-corrected chi connectivity index (χ1v) is 10.5. The van der Waals surface area contributed by atoms with Crippen molar-refractivity contribution in [3.8, 4) is 27.6 Å². The molecule has 4 aromatic rings. The number of primary amides is 1. The normalized spacial score (nSPS) is 11.7. The fourth-order valence-electron chi connectivity index (χ4n) is 3.22. The van der Waals surface area contributed by atoms with E-state index >= 15 is 0 Å². The number of methoxy groups -OCH3 is 1. The van der Waals surface area contributed by atoms with Crippen molar-refractivity contribution < 1.29 is 19.1 Å². The first kappa shape index (κ1) is 21.1. The van der Waals surface area contributed by atoms with E-state index in [1.807, 2.05) is 66.7 Å². The molecule has 4 rings (SSSR count). The van der Waals surface area contributed by atoms with E-state index in [-0.39, 0.29) is 5.69 Å². The summed E-state index contributed by atoms with van der Waals surface area (Å²) in [5.41, 5.74) is 8.55. The molecule has 2 aromatic heterocycles. The molecule has 2 heterocycles. The van der Waals surface area contributed by atoms with Crippen molar-refractivity contribution in [1.82, 2.24) is 14.8 Å². The van der Waals surface area contributed by atoms with Crippen LogP contribution in [0.4, 0.5) is 0 Å². The third-order valence-electron chi connectivity index (χ3n) is 4.78. The standard InChI is InChI=1S/C23H18N4O4S/c1-31-22(30)19(20(28)21(24)29)17-13-32-23(25-17)27-18(15-10-6-3-7-11-15)12-16(26-27)14-8-4-2-5-9-14/h2-13,19H,1H3,(H2,24,29)/t19-/m1/s1. The van der Waals surface area contributed by atoms with E-state index in [4.69, 9.17) is 10.8 Å². The number of carbonyl (C=O) groups excluding carboxylic acids is 3. The van der Waals surface area contributed by atoms with E-state index in [2.05, 4.69) is 9.72 Å². The topological polar surface area (TPSA) is 117 Å². The van der Waals surface area contributed by atoms with Gasteiger partial charge in [0.25, 0.3) is 5.91 Å². The maximum absolute atomic E-state index is 12.2. The Balaban J connectivity index is 1.82. The zero-order chi connectivity index (χ0) is 22.7. The van der Waals surface area contributed by atoms with Gasteiger partial charge >= 0.3 is 5.97 Å². The summed E-state index contributed by atoms with van der Waals surface area (Å²) in [6, 6.07) is 21.3. The zero-order valence-electron chi connectivity index (χ0n) is 17.0. The van der Waals surface area contributed by atoms with Crippen LogP contribution in [0, 0.1) is 0 Å². The van der Waals surface area contributed by atoms with Crippen molar-refractivity contribution in [2.75, 3.05) is 7.11 Å². The maximum atomic E-state index is 12.2. The number of benzene rings is 2. The highest BCUT2D eigenvalue weighted by atomic mass is 32.1. The van der Waals surface area contributed by atoms with Crippen molar-refractivity contribution in [3.05, 3.63) is 77.8 Å². The second-order valence-electron chi connectivity index (χ2n) is 6.80. The van der Waals surface area contributed by atoms with E-state index in [1.165, 1.54) is 16.7 Å². The van der Waals surface area contributed by atoms with Crippen LogP contribution in [0.2, 0.25) is 0 Å². The largest absolute Gasteiger partial charge is 0.468 e. The predicted octanol–water partition coefficient (Wildman–Crippen LogP) is 2.97. The van der Waals surface area contributed by atoms with E-state index in [0.717, 1.165) is 29.6 Å². The lowest BCUT2D eigenvalue weighted by Crippen LogP contribution is -2.34. The van der Waals surface area contributed by atoms with E-state index in [9.17, 15) is 14.4 Å². The number of Topliss-reactive ketones (excluding diaryl/α,β-unsaturated/α-hetero) is 1. The summed E-state index contributed by atoms with van der Waals surface area (Å²) in [5, 5.41) is 6.66. The number of carbonyl (C=O) groups is 3. The Hall–Kier alpha value is -4.11. The number of hydrogen-bond acceptors (Lipinski definition) is 7. The van der Waals surface area contributed by atoms with Crippen molar-refractivity contribution in [1.29, 1.82) is 0 Å². The van der Waals surface area contributed by atoms with Gasteiger partial charge in [0.05, 0.1) is 24.2 Å². The molecule has 2 N–H and O–H groups in total. The molecule has 0 aliphatic heterocycles. The van der Waals surface area contributed by atoms with Gasteiger partial charge in [0.15, 0.2) is 5.92 Å². The number of ketones is 1. The molecule has 0 saturated carbocycles. The summed E-state index contributed by atoms with van der Waals surface area (Å²) < 4.78 is 6.33. The number of hydrogen-bond donors (Lipinski definition) is 1. The van der Waals surface area contributed by atoms with Gasteiger partial charge in [-0.15, -0.1) is 11.3 Å². The number of nitrogens with zero attached hydrogens (tertiary/aromatic N) is 3. The summed E-state index contributed by atoms with van der Waals surface area (Å²) in [7, 11) is 1.13. The minimum Gasteiger partial charge on any atom is -0.468 e. The van der Waals surface area contributed by atoms with Gasteiger partial charge in [0.1, 0.15) is 0 Å². The molecule has 8 nitrogen and oxygen atoms in total.